The minimum atomic E-state index is -2.38. The molecule has 2 aromatic carbocycles. The highest BCUT2D eigenvalue weighted by Crippen LogP contribution is 2.37. The van der Waals surface area contributed by atoms with Crippen LogP contribution in [0.25, 0.3) is 10.8 Å². The maximum atomic E-state index is 12.9. The van der Waals surface area contributed by atoms with Crippen molar-refractivity contribution < 1.29 is 18.1 Å². The molecule has 0 amide bonds. The number of alkyl halides is 2. The maximum Gasteiger partial charge on any atom is 0.495 e. The fourth-order valence-electron chi connectivity index (χ4n) is 2.95. The van der Waals surface area contributed by atoms with Gasteiger partial charge in [0.2, 0.25) is 6.43 Å². The molecule has 0 radical (unpaired) electrons. The molecule has 5 heteroatoms. The van der Waals surface area contributed by atoms with Gasteiger partial charge in [-0.15, -0.1) is 0 Å². The van der Waals surface area contributed by atoms with Gasteiger partial charge in [-0.2, -0.15) is 0 Å². The minimum absolute atomic E-state index is 0.270. The topological polar surface area (TPSA) is 18.5 Å². The van der Waals surface area contributed by atoms with Gasteiger partial charge in [-0.25, -0.2) is 8.78 Å². The summed E-state index contributed by atoms with van der Waals surface area (Å²) in [4.78, 5) is 0. The van der Waals surface area contributed by atoms with Crippen molar-refractivity contribution in [3.63, 3.8) is 0 Å². The van der Waals surface area contributed by atoms with Crippen molar-refractivity contribution in [3.05, 3.63) is 42.0 Å². The van der Waals surface area contributed by atoms with Gasteiger partial charge in [-0.05, 0) is 49.5 Å². The Labute approximate surface area is 135 Å². The molecule has 2 aromatic rings. The molecule has 3 rings (SSSR count). The van der Waals surface area contributed by atoms with Gasteiger partial charge < -0.3 is 9.31 Å². The van der Waals surface area contributed by atoms with Crippen LogP contribution in [0.2, 0.25) is 0 Å². The fourth-order valence-corrected chi connectivity index (χ4v) is 2.95. The number of hydrogen-bond donors (Lipinski definition) is 0. The van der Waals surface area contributed by atoms with Crippen molar-refractivity contribution in [1.82, 2.24) is 0 Å². The lowest BCUT2D eigenvalue weighted by molar-refractivity contribution is 0.00578. The van der Waals surface area contributed by atoms with Crippen LogP contribution < -0.4 is 5.46 Å². The molecule has 0 aliphatic carbocycles. The lowest BCUT2D eigenvalue weighted by Gasteiger charge is -2.32. The number of rotatable bonds is 3. The van der Waals surface area contributed by atoms with E-state index in [4.69, 9.17) is 9.31 Å². The van der Waals surface area contributed by atoms with Crippen LogP contribution in [-0.4, -0.2) is 24.7 Å². The molecule has 0 saturated carbocycles. The van der Waals surface area contributed by atoms with E-state index < -0.39 is 24.7 Å². The van der Waals surface area contributed by atoms with Crippen LogP contribution in [0.5, 0.6) is 0 Å². The van der Waals surface area contributed by atoms with Gasteiger partial charge in [-0.3, -0.25) is 0 Å². The quantitative estimate of drug-likeness (QED) is 0.798. The van der Waals surface area contributed by atoms with Crippen molar-refractivity contribution in [3.8, 4) is 0 Å². The highest BCUT2D eigenvalue weighted by Gasteiger charge is 2.52. The van der Waals surface area contributed by atoms with Crippen molar-refractivity contribution in [2.45, 2.75) is 51.7 Å². The molecule has 1 aliphatic rings. The minimum Gasteiger partial charge on any atom is -0.399 e. The third kappa shape index (κ3) is 2.88. The number of benzene rings is 2. The van der Waals surface area contributed by atoms with E-state index in [9.17, 15) is 8.78 Å². The number of fused-ring (bicyclic) bond motifs is 1. The van der Waals surface area contributed by atoms with E-state index in [-0.39, 0.29) is 6.42 Å². The highest BCUT2D eigenvalue weighted by atomic mass is 19.3. The second kappa shape index (κ2) is 5.57. The lowest BCUT2D eigenvalue weighted by Crippen LogP contribution is -2.41. The van der Waals surface area contributed by atoms with E-state index in [1.165, 1.54) is 0 Å². The molecule has 1 fully saturated rings. The molecule has 0 spiro atoms. The maximum absolute atomic E-state index is 12.9. The van der Waals surface area contributed by atoms with Gasteiger partial charge in [0.1, 0.15) is 0 Å². The molecule has 1 heterocycles. The summed E-state index contributed by atoms with van der Waals surface area (Å²) in [5, 5.41) is 1.74. The van der Waals surface area contributed by atoms with Crippen molar-refractivity contribution in [2.75, 3.05) is 0 Å². The van der Waals surface area contributed by atoms with Gasteiger partial charge in [0.05, 0.1) is 11.2 Å². The summed E-state index contributed by atoms with van der Waals surface area (Å²) in [6, 6.07) is 11.2. The van der Waals surface area contributed by atoms with E-state index in [2.05, 4.69) is 0 Å². The van der Waals surface area contributed by atoms with E-state index in [1.54, 1.807) is 6.07 Å². The molecular formula is C18H21BF2O2. The second-order valence-electron chi connectivity index (χ2n) is 7.05. The summed E-state index contributed by atoms with van der Waals surface area (Å²) in [6.07, 6.45) is -2.65. The molecule has 23 heavy (non-hydrogen) atoms. The summed E-state index contributed by atoms with van der Waals surface area (Å²) < 4.78 is 38.1. The Kier molecular flexibility index (Phi) is 3.97. The zero-order valence-corrected chi connectivity index (χ0v) is 13.9. The molecule has 122 valence electrons. The zero-order valence-electron chi connectivity index (χ0n) is 13.9. The third-order valence-corrected chi connectivity index (χ3v) is 4.90. The normalized spacial score (nSPS) is 19.7. The largest absolute Gasteiger partial charge is 0.495 e. The van der Waals surface area contributed by atoms with Crippen LogP contribution in [0.3, 0.4) is 0 Å². The molecule has 0 aromatic heterocycles. The van der Waals surface area contributed by atoms with E-state index in [0.717, 1.165) is 16.2 Å². The molecule has 1 saturated heterocycles. The SMILES string of the molecule is CC1(C)OB(c2cccc3cccc(CC(F)F)c23)OC1(C)C. The zero-order chi connectivity index (χ0) is 16.8. The Balaban J connectivity index is 2.12. The average Bonchev–Trinajstić information content (AvgIpc) is 2.66. The van der Waals surface area contributed by atoms with Gasteiger partial charge in [0.25, 0.3) is 0 Å². The molecule has 0 unspecified atom stereocenters. The monoisotopic (exact) mass is 318 g/mol. The van der Waals surface area contributed by atoms with Crippen LogP contribution in [0.4, 0.5) is 8.78 Å². The Morgan fingerprint density at radius 3 is 2.09 bits per heavy atom. The first kappa shape index (κ1) is 16.4. The standard InChI is InChI=1S/C18H21BF2O2/c1-17(2)18(3,4)23-19(22-17)14-10-6-8-12-7-5-9-13(16(12)14)11-15(20)21/h5-10,15H,11H2,1-4H3. The molecule has 0 bridgehead atoms. The Morgan fingerprint density at radius 1 is 0.957 bits per heavy atom. The number of halogens is 2. The van der Waals surface area contributed by atoms with Crippen molar-refractivity contribution >= 4 is 23.4 Å². The molecule has 1 aliphatic heterocycles. The van der Waals surface area contributed by atoms with Gasteiger partial charge in [0, 0.05) is 6.42 Å². The first-order chi connectivity index (χ1) is 10.7. The van der Waals surface area contributed by atoms with Crippen LogP contribution in [-0.2, 0) is 15.7 Å². The first-order valence-corrected chi connectivity index (χ1v) is 7.85. The van der Waals surface area contributed by atoms with Crippen LogP contribution in [0, 0.1) is 0 Å². The summed E-state index contributed by atoms with van der Waals surface area (Å²) in [6.45, 7) is 7.94. The van der Waals surface area contributed by atoms with E-state index in [0.29, 0.717) is 5.56 Å². The summed E-state index contributed by atoms with van der Waals surface area (Å²) >= 11 is 0. The van der Waals surface area contributed by atoms with Gasteiger partial charge in [-0.1, -0.05) is 36.4 Å². The molecule has 0 atom stereocenters. The Hall–Kier alpha value is -1.46. The smallest absolute Gasteiger partial charge is 0.399 e. The van der Waals surface area contributed by atoms with Crippen molar-refractivity contribution in [1.29, 1.82) is 0 Å². The van der Waals surface area contributed by atoms with E-state index in [1.807, 2.05) is 58.0 Å². The molecular weight excluding hydrogens is 297 g/mol. The fraction of sp³-hybridized carbons (Fsp3) is 0.444. The third-order valence-electron chi connectivity index (χ3n) is 4.90. The average molecular weight is 318 g/mol. The highest BCUT2D eigenvalue weighted by molar-refractivity contribution is 6.65. The predicted molar refractivity (Wildman–Crippen MR) is 89.4 cm³/mol. The van der Waals surface area contributed by atoms with E-state index >= 15 is 0 Å². The predicted octanol–water partition coefficient (Wildman–Crippen LogP) is 3.95. The molecule has 2 nitrogen and oxygen atoms in total. The first-order valence-electron chi connectivity index (χ1n) is 7.85. The summed E-state index contributed by atoms with van der Waals surface area (Å²) in [5.74, 6) is 0. The summed E-state index contributed by atoms with van der Waals surface area (Å²) in [5.41, 5.74) is 0.523. The van der Waals surface area contributed by atoms with Crippen LogP contribution >= 0.6 is 0 Å². The van der Waals surface area contributed by atoms with Gasteiger partial charge >= 0.3 is 7.12 Å². The van der Waals surface area contributed by atoms with Crippen molar-refractivity contribution in [2.24, 2.45) is 0 Å². The Morgan fingerprint density at radius 2 is 1.52 bits per heavy atom. The number of hydrogen-bond acceptors (Lipinski definition) is 2. The lowest BCUT2D eigenvalue weighted by atomic mass is 9.75. The second-order valence-corrected chi connectivity index (χ2v) is 7.05. The summed E-state index contributed by atoms with van der Waals surface area (Å²) in [7, 11) is -0.553. The Bertz CT molecular complexity index is 707. The molecule has 0 N–H and O–H groups in total. The van der Waals surface area contributed by atoms with Crippen LogP contribution in [0.1, 0.15) is 33.3 Å². The van der Waals surface area contributed by atoms with Crippen LogP contribution in [0.15, 0.2) is 36.4 Å². The van der Waals surface area contributed by atoms with Gasteiger partial charge in [0.15, 0.2) is 0 Å².